The Bertz CT molecular complexity index is 367. The van der Waals surface area contributed by atoms with Crippen LogP contribution in [0, 0.1) is 6.92 Å². The van der Waals surface area contributed by atoms with Gasteiger partial charge in [0.2, 0.25) is 0 Å². The summed E-state index contributed by atoms with van der Waals surface area (Å²) in [6, 6.07) is 5.99. The zero-order chi connectivity index (χ0) is 11.5. The third-order valence-corrected chi connectivity index (χ3v) is 4.70. The summed E-state index contributed by atoms with van der Waals surface area (Å²) < 4.78 is 0. The van der Waals surface area contributed by atoms with Crippen LogP contribution in [-0.4, -0.2) is 16.5 Å². The van der Waals surface area contributed by atoms with Crippen molar-refractivity contribution in [2.24, 2.45) is 0 Å². The molecule has 0 aromatic heterocycles. The average Bonchev–Trinajstić information content (AvgIpc) is 2.27. The van der Waals surface area contributed by atoms with Crippen LogP contribution in [0.25, 0.3) is 0 Å². The number of rotatable bonds is 2. The highest BCUT2D eigenvalue weighted by atomic mass is 32.2. The van der Waals surface area contributed by atoms with Crippen LogP contribution in [0.5, 0.6) is 0 Å². The third-order valence-electron chi connectivity index (χ3n) is 3.16. The molecule has 3 heteroatoms. The number of nitrogens with two attached hydrogens (primary N) is 1. The molecule has 0 radical (unpaired) electrons. The van der Waals surface area contributed by atoms with Crippen molar-refractivity contribution < 1.29 is 5.11 Å². The van der Waals surface area contributed by atoms with Crippen LogP contribution >= 0.6 is 11.8 Å². The van der Waals surface area contributed by atoms with E-state index in [9.17, 15) is 5.11 Å². The van der Waals surface area contributed by atoms with Gasteiger partial charge in [-0.15, -0.1) is 11.8 Å². The average molecular weight is 237 g/mol. The number of anilines is 1. The smallest absolute Gasteiger partial charge is 0.0662 e. The molecule has 0 bridgehead atoms. The number of hydrogen-bond donors (Lipinski definition) is 2. The molecule has 0 aliphatic heterocycles. The van der Waals surface area contributed by atoms with Gasteiger partial charge in [0.25, 0.3) is 0 Å². The molecule has 3 N–H and O–H groups in total. The molecule has 1 saturated carbocycles. The summed E-state index contributed by atoms with van der Waals surface area (Å²) in [6.07, 6.45) is 4.29. The van der Waals surface area contributed by atoms with E-state index in [4.69, 9.17) is 5.73 Å². The standard InChI is InChI=1S/C13H19NOS/c1-9-6-7-10(14)8-13(9)16-12-5-3-2-4-11(12)15/h6-8,11-12,15H,2-5,14H2,1H3. The Morgan fingerprint density at radius 1 is 1.31 bits per heavy atom. The van der Waals surface area contributed by atoms with Gasteiger partial charge in [-0.1, -0.05) is 18.9 Å². The van der Waals surface area contributed by atoms with Gasteiger partial charge in [0.15, 0.2) is 0 Å². The van der Waals surface area contributed by atoms with Gasteiger partial charge in [-0.25, -0.2) is 0 Å². The van der Waals surface area contributed by atoms with Crippen LogP contribution in [0.2, 0.25) is 0 Å². The number of aliphatic hydroxyl groups is 1. The van der Waals surface area contributed by atoms with Crippen LogP contribution in [0.4, 0.5) is 5.69 Å². The van der Waals surface area contributed by atoms with Crippen molar-refractivity contribution in [3.8, 4) is 0 Å². The highest BCUT2D eigenvalue weighted by Crippen LogP contribution is 2.36. The first kappa shape index (κ1) is 11.8. The molecule has 0 heterocycles. The van der Waals surface area contributed by atoms with Crippen molar-refractivity contribution in [1.82, 2.24) is 0 Å². The van der Waals surface area contributed by atoms with Crippen molar-refractivity contribution in [2.45, 2.75) is 48.9 Å². The van der Waals surface area contributed by atoms with Gasteiger partial charge in [0, 0.05) is 15.8 Å². The fourth-order valence-electron chi connectivity index (χ4n) is 2.12. The van der Waals surface area contributed by atoms with E-state index in [2.05, 4.69) is 6.92 Å². The lowest BCUT2D eigenvalue weighted by Gasteiger charge is -2.27. The predicted molar refractivity (Wildman–Crippen MR) is 69.7 cm³/mol. The van der Waals surface area contributed by atoms with Crippen molar-refractivity contribution in [2.75, 3.05) is 5.73 Å². The molecule has 0 spiro atoms. The topological polar surface area (TPSA) is 46.2 Å². The van der Waals surface area contributed by atoms with Crippen LogP contribution in [0.3, 0.4) is 0 Å². The molecule has 2 nitrogen and oxygen atoms in total. The first-order chi connectivity index (χ1) is 7.66. The van der Waals surface area contributed by atoms with Crippen molar-refractivity contribution in [1.29, 1.82) is 0 Å². The molecule has 16 heavy (non-hydrogen) atoms. The van der Waals surface area contributed by atoms with E-state index in [1.807, 2.05) is 18.2 Å². The maximum Gasteiger partial charge on any atom is 0.0662 e. The lowest BCUT2D eigenvalue weighted by atomic mass is 9.97. The Morgan fingerprint density at radius 2 is 2.06 bits per heavy atom. The van der Waals surface area contributed by atoms with E-state index in [0.717, 1.165) is 24.9 Å². The Labute approximate surface area is 101 Å². The quantitative estimate of drug-likeness (QED) is 0.777. The van der Waals surface area contributed by atoms with Gasteiger partial charge in [-0.05, 0) is 37.5 Å². The fraction of sp³-hybridized carbons (Fsp3) is 0.538. The number of hydrogen-bond acceptors (Lipinski definition) is 3. The second-order valence-corrected chi connectivity index (χ2v) is 5.81. The number of thioether (sulfide) groups is 1. The minimum atomic E-state index is -0.153. The predicted octanol–water partition coefficient (Wildman–Crippen LogP) is 2.97. The number of benzene rings is 1. The van der Waals surface area contributed by atoms with E-state index in [-0.39, 0.29) is 6.10 Å². The monoisotopic (exact) mass is 237 g/mol. The van der Waals surface area contributed by atoms with Gasteiger partial charge < -0.3 is 10.8 Å². The summed E-state index contributed by atoms with van der Waals surface area (Å²) in [4.78, 5) is 1.21. The SMILES string of the molecule is Cc1ccc(N)cc1SC1CCCCC1O. The highest BCUT2D eigenvalue weighted by Gasteiger charge is 2.24. The molecule has 2 atom stereocenters. The molecular formula is C13H19NOS. The maximum absolute atomic E-state index is 9.94. The second-order valence-electron chi connectivity index (χ2n) is 4.53. The van der Waals surface area contributed by atoms with E-state index in [1.165, 1.54) is 16.9 Å². The molecule has 2 rings (SSSR count). The molecule has 1 aromatic carbocycles. The lowest BCUT2D eigenvalue weighted by Crippen LogP contribution is -2.26. The molecule has 1 fully saturated rings. The fourth-order valence-corrected chi connectivity index (χ4v) is 3.48. The minimum absolute atomic E-state index is 0.153. The van der Waals surface area contributed by atoms with E-state index in [1.54, 1.807) is 11.8 Å². The van der Waals surface area contributed by atoms with Crippen molar-refractivity contribution >= 4 is 17.4 Å². The zero-order valence-corrected chi connectivity index (χ0v) is 10.5. The van der Waals surface area contributed by atoms with Crippen molar-refractivity contribution in [3.05, 3.63) is 23.8 Å². The molecule has 1 aromatic rings. The molecule has 0 saturated heterocycles. The minimum Gasteiger partial charge on any atom is -0.399 e. The van der Waals surface area contributed by atoms with Crippen LogP contribution < -0.4 is 5.73 Å². The maximum atomic E-state index is 9.94. The van der Waals surface area contributed by atoms with Crippen LogP contribution in [-0.2, 0) is 0 Å². The van der Waals surface area contributed by atoms with E-state index < -0.39 is 0 Å². The second kappa shape index (κ2) is 5.11. The van der Waals surface area contributed by atoms with Gasteiger partial charge in [0.05, 0.1) is 6.10 Å². The van der Waals surface area contributed by atoms with Crippen LogP contribution in [0.1, 0.15) is 31.2 Å². The van der Waals surface area contributed by atoms with E-state index in [0.29, 0.717) is 5.25 Å². The summed E-state index contributed by atoms with van der Waals surface area (Å²) >= 11 is 1.78. The van der Waals surface area contributed by atoms with Gasteiger partial charge in [-0.2, -0.15) is 0 Å². The summed E-state index contributed by atoms with van der Waals surface area (Å²) in [5.41, 5.74) is 7.84. The first-order valence-corrected chi connectivity index (χ1v) is 6.75. The molecule has 0 amide bonds. The summed E-state index contributed by atoms with van der Waals surface area (Å²) in [5.74, 6) is 0. The Morgan fingerprint density at radius 3 is 2.81 bits per heavy atom. The molecule has 1 aliphatic carbocycles. The normalized spacial score (nSPS) is 25.6. The molecular weight excluding hydrogens is 218 g/mol. The third kappa shape index (κ3) is 2.71. The first-order valence-electron chi connectivity index (χ1n) is 5.87. The van der Waals surface area contributed by atoms with Gasteiger partial charge >= 0.3 is 0 Å². The molecule has 2 unspecified atom stereocenters. The summed E-state index contributed by atoms with van der Waals surface area (Å²) in [5, 5.41) is 10.3. The highest BCUT2D eigenvalue weighted by molar-refractivity contribution is 8.00. The lowest BCUT2D eigenvalue weighted by molar-refractivity contribution is 0.137. The van der Waals surface area contributed by atoms with Crippen LogP contribution in [0.15, 0.2) is 23.1 Å². The summed E-state index contributed by atoms with van der Waals surface area (Å²) in [6.45, 7) is 2.09. The van der Waals surface area contributed by atoms with Crippen molar-refractivity contribution in [3.63, 3.8) is 0 Å². The Hall–Kier alpha value is -0.670. The van der Waals surface area contributed by atoms with E-state index >= 15 is 0 Å². The van der Waals surface area contributed by atoms with Gasteiger partial charge in [0.1, 0.15) is 0 Å². The number of aliphatic hydroxyl groups excluding tert-OH is 1. The Balaban J connectivity index is 2.10. The summed E-state index contributed by atoms with van der Waals surface area (Å²) in [7, 11) is 0. The molecule has 88 valence electrons. The van der Waals surface area contributed by atoms with Gasteiger partial charge in [-0.3, -0.25) is 0 Å². The number of aryl methyl sites for hydroxylation is 1. The number of nitrogen functional groups attached to an aromatic ring is 1. The molecule has 1 aliphatic rings. The Kier molecular flexibility index (Phi) is 3.77. The zero-order valence-electron chi connectivity index (χ0n) is 9.65. The largest absolute Gasteiger partial charge is 0.399 e.